The van der Waals surface area contributed by atoms with Gasteiger partial charge in [-0.25, -0.2) is 0 Å². The van der Waals surface area contributed by atoms with Gasteiger partial charge in [-0.3, -0.25) is 9.59 Å². The molecule has 0 spiro atoms. The molecule has 2 atom stereocenters. The molecule has 0 aliphatic carbocycles. The standard InChI is InChI=1S/C19H28N2O3/c1-2-15(11-13-22)14-20-18(23)17-10-6-7-12-21(17)19(24)16-8-4-3-5-9-16/h3-5,8-9,15,17,22H,2,6-7,10-14H2,1H3,(H,20,23). The van der Waals surface area contributed by atoms with Gasteiger partial charge in [0, 0.05) is 25.3 Å². The first kappa shape index (κ1) is 18.5. The lowest BCUT2D eigenvalue weighted by Gasteiger charge is -2.35. The van der Waals surface area contributed by atoms with Gasteiger partial charge in [-0.15, -0.1) is 0 Å². The van der Waals surface area contributed by atoms with E-state index in [1.54, 1.807) is 17.0 Å². The molecule has 1 fully saturated rings. The maximum atomic E-state index is 12.7. The van der Waals surface area contributed by atoms with E-state index in [4.69, 9.17) is 5.11 Å². The van der Waals surface area contributed by atoms with Gasteiger partial charge in [0.25, 0.3) is 5.91 Å². The number of amides is 2. The number of aliphatic hydroxyl groups is 1. The predicted octanol–water partition coefficient (Wildman–Crippen LogP) is 2.21. The minimum Gasteiger partial charge on any atom is -0.396 e. The van der Waals surface area contributed by atoms with Crippen molar-refractivity contribution >= 4 is 11.8 Å². The molecule has 0 radical (unpaired) electrons. The Morgan fingerprint density at radius 3 is 2.71 bits per heavy atom. The molecule has 2 rings (SSSR count). The first-order chi connectivity index (χ1) is 11.7. The number of carbonyl (C=O) groups excluding carboxylic acids is 2. The van der Waals surface area contributed by atoms with E-state index < -0.39 is 6.04 Å². The summed E-state index contributed by atoms with van der Waals surface area (Å²) in [6.07, 6.45) is 4.21. The average Bonchev–Trinajstić information content (AvgIpc) is 2.65. The SMILES string of the molecule is CCC(CCO)CNC(=O)C1CCCCN1C(=O)c1ccccc1. The highest BCUT2D eigenvalue weighted by molar-refractivity contribution is 5.97. The van der Waals surface area contributed by atoms with Gasteiger partial charge < -0.3 is 15.3 Å². The maximum Gasteiger partial charge on any atom is 0.254 e. The topological polar surface area (TPSA) is 69.6 Å². The third kappa shape index (κ3) is 4.81. The summed E-state index contributed by atoms with van der Waals surface area (Å²) in [7, 11) is 0. The number of hydrogen-bond donors (Lipinski definition) is 2. The van der Waals surface area contributed by atoms with E-state index in [1.165, 1.54) is 0 Å². The molecule has 0 aromatic heterocycles. The summed E-state index contributed by atoms with van der Waals surface area (Å²) in [5, 5.41) is 12.0. The van der Waals surface area contributed by atoms with E-state index in [9.17, 15) is 9.59 Å². The van der Waals surface area contributed by atoms with Crippen molar-refractivity contribution < 1.29 is 14.7 Å². The van der Waals surface area contributed by atoms with E-state index in [-0.39, 0.29) is 24.3 Å². The molecule has 2 N–H and O–H groups in total. The van der Waals surface area contributed by atoms with Gasteiger partial charge in [0.2, 0.25) is 5.91 Å². The molecule has 1 aromatic rings. The molecule has 1 heterocycles. The van der Waals surface area contributed by atoms with E-state index in [2.05, 4.69) is 12.2 Å². The van der Waals surface area contributed by atoms with Crippen LogP contribution in [0.4, 0.5) is 0 Å². The Balaban J connectivity index is 2.00. The van der Waals surface area contributed by atoms with Crippen molar-refractivity contribution in [1.82, 2.24) is 10.2 Å². The highest BCUT2D eigenvalue weighted by atomic mass is 16.3. The van der Waals surface area contributed by atoms with Crippen LogP contribution in [-0.2, 0) is 4.79 Å². The van der Waals surface area contributed by atoms with Gasteiger partial charge in [-0.05, 0) is 43.7 Å². The van der Waals surface area contributed by atoms with Crippen molar-refractivity contribution in [2.75, 3.05) is 19.7 Å². The Labute approximate surface area is 144 Å². The second-order valence-electron chi connectivity index (χ2n) is 6.41. The Morgan fingerprint density at radius 2 is 2.04 bits per heavy atom. The summed E-state index contributed by atoms with van der Waals surface area (Å²) in [6.45, 7) is 3.37. The Bertz CT molecular complexity index is 533. The van der Waals surface area contributed by atoms with Crippen LogP contribution < -0.4 is 5.32 Å². The molecule has 132 valence electrons. The number of benzene rings is 1. The lowest BCUT2D eigenvalue weighted by molar-refractivity contribution is -0.126. The monoisotopic (exact) mass is 332 g/mol. The van der Waals surface area contributed by atoms with Crippen molar-refractivity contribution in [3.05, 3.63) is 35.9 Å². The summed E-state index contributed by atoms with van der Waals surface area (Å²) in [4.78, 5) is 27.0. The highest BCUT2D eigenvalue weighted by Gasteiger charge is 2.32. The first-order valence-electron chi connectivity index (χ1n) is 8.92. The fraction of sp³-hybridized carbons (Fsp3) is 0.579. The Hall–Kier alpha value is -1.88. The highest BCUT2D eigenvalue weighted by Crippen LogP contribution is 2.20. The van der Waals surface area contributed by atoms with Crippen molar-refractivity contribution in [2.24, 2.45) is 5.92 Å². The van der Waals surface area contributed by atoms with Crippen molar-refractivity contribution in [3.8, 4) is 0 Å². The molecule has 1 aliphatic rings. The number of nitrogens with zero attached hydrogens (tertiary/aromatic N) is 1. The van der Waals surface area contributed by atoms with Crippen LogP contribution in [-0.4, -0.2) is 47.6 Å². The largest absolute Gasteiger partial charge is 0.396 e. The molecule has 1 saturated heterocycles. The van der Waals surface area contributed by atoms with Crippen molar-refractivity contribution in [1.29, 1.82) is 0 Å². The summed E-state index contributed by atoms with van der Waals surface area (Å²) in [5.74, 6) is 0.133. The van der Waals surface area contributed by atoms with Crippen LogP contribution in [0.25, 0.3) is 0 Å². The van der Waals surface area contributed by atoms with Crippen LogP contribution >= 0.6 is 0 Å². The Kier molecular flexibility index (Phi) is 7.25. The van der Waals surface area contributed by atoms with Crippen LogP contribution in [0.3, 0.4) is 0 Å². The zero-order chi connectivity index (χ0) is 17.4. The fourth-order valence-electron chi connectivity index (χ4n) is 3.19. The van der Waals surface area contributed by atoms with E-state index in [0.717, 1.165) is 19.3 Å². The third-order valence-corrected chi connectivity index (χ3v) is 4.77. The van der Waals surface area contributed by atoms with E-state index in [0.29, 0.717) is 31.5 Å². The van der Waals surface area contributed by atoms with Gasteiger partial charge in [0.05, 0.1) is 0 Å². The lowest BCUT2D eigenvalue weighted by atomic mass is 9.99. The minimum absolute atomic E-state index is 0.0714. The van der Waals surface area contributed by atoms with Crippen LogP contribution in [0, 0.1) is 5.92 Å². The number of carbonyl (C=O) groups is 2. The smallest absolute Gasteiger partial charge is 0.254 e. The van der Waals surface area contributed by atoms with Crippen LogP contribution in [0.1, 0.15) is 49.4 Å². The Morgan fingerprint density at radius 1 is 1.29 bits per heavy atom. The normalized spacial score (nSPS) is 18.9. The molecule has 1 aliphatic heterocycles. The van der Waals surface area contributed by atoms with Gasteiger partial charge in [0.1, 0.15) is 6.04 Å². The first-order valence-corrected chi connectivity index (χ1v) is 8.92. The molecule has 0 saturated carbocycles. The second-order valence-corrected chi connectivity index (χ2v) is 6.41. The van der Waals surface area contributed by atoms with Gasteiger partial charge in [-0.1, -0.05) is 31.5 Å². The van der Waals surface area contributed by atoms with Gasteiger partial charge in [0.15, 0.2) is 0 Å². The zero-order valence-corrected chi connectivity index (χ0v) is 14.4. The second kappa shape index (κ2) is 9.42. The van der Waals surface area contributed by atoms with Crippen LogP contribution in [0.15, 0.2) is 30.3 Å². The minimum atomic E-state index is -0.391. The number of rotatable bonds is 7. The van der Waals surface area contributed by atoms with Crippen molar-refractivity contribution in [2.45, 2.75) is 45.1 Å². The summed E-state index contributed by atoms with van der Waals surface area (Å²) >= 11 is 0. The number of hydrogen-bond acceptors (Lipinski definition) is 3. The van der Waals surface area contributed by atoms with Crippen molar-refractivity contribution in [3.63, 3.8) is 0 Å². The van der Waals surface area contributed by atoms with Gasteiger partial charge in [-0.2, -0.15) is 0 Å². The summed E-state index contributed by atoms with van der Waals surface area (Å²) in [5.41, 5.74) is 0.629. The maximum absolute atomic E-state index is 12.7. The molecular weight excluding hydrogens is 304 g/mol. The quantitative estimate of drug-likeness (QED) is 0.804. The molecule has 5 nitrogen and oxygen atoms in total. The van der Waals surface area contributed by atoms with E-state index in [1.807, 2.05) is 18.2 Å². The molecule has 5 heteroatoms. The molecule has 2 amide bonds. The average molecular weight is 332 g/mol. The lowest BCUT2D eigenvalue weighted by Crippen LogP contribution is -2.52. The van der Waals surface area contributed by atoms with E-state index >= 15 is 0 Å². The zero-order valence-electron chi connectivity index (χ0n) is 14.4. The van der Waals surface area contributed by atoms with Gasteiger partial charge >= 0.3 is 0 Å². The summed E-state index contributed by atoms with van der Waals surface area (Å²) < 4.78 is 0. The molecule has 24 heavy (non-hydrogen) atoms. The molecule has 2 unspecified atom stereocenters. The summed E-state index contributed by atoms with van der Waals surface area (Å²) in [6, 6.07) is 8.75. The molecule has 1 aromatic carbocycles. The third-order valence-electron chi connectivity index (χ3n) is 4.77. The molecule has 0 bridgehead atoms. The van der Waals surface area contributed by atoms with Crippen LogP contribution in [0.2, 0.25) is 0 Å². The molecular formula is C19H28N2O3. The number of nitrogens with one attached hydrogen (secondary N) is 1. The number of likely N-dealkylation sites (tertiary alicyclic amines) is 1. The number of aliphatic hydroxyl groups excluding tert-OH is 1. The van der Waals surface area contributed by atoms with Crippen LogP contribution in [0.5, 0.6) is 0 Å². The number of piperidine rings is 1. The fourth-order valence-corrected chi connectivity index (χ4v) is 3.19. The predicted molar refractivity (Wildman–Crippen MR) is 93.6 cm³/mol.